The highest BCUT2D eigenvalue weighted by Crippen LogP contribution is 2.32. The minimum absolute atomic E-state index is 0.182. The van der Waals surface area contributed by atoms with Gasteiger partial charge in [0, 0.05) is 29.6 Å². The summed E-state index contributed by atoms with van der Waals surface area (Å²) < 4.78 is 0. The van der Waals surface area contributed by atoms with Crippen molar-refractivity contribution in [3.8, 4) is 11.3 Å². The lowest BCUT2D eigenvalue weighted by Gasteiger charge is -2.21. The number of halogens is 2. The van der Waals surface area contributed by atoms with E-state index in [0.29, 0.717) is 27.5 Å². The summed E-state index contributed by atoms with van der Waals surface area (Å²) in [5.74, 6) is 1.12. The number of anilines is 3. The summed E-state index contributed by atoms with van der Waals surface area (Å²) in [6, 6.07) is 11.1. The second-order valence-electron chi connectivity index (χ2n) is 6.81. The molecule has 1 aromatic carbocycles. The zero-order valence-electron chi connectivity index (χ0n) is 14.7. The van der Waals surface area contributed by atoms with E-state index in [-0.39, 0.29) is 5.54 Å². The van der Waals surface area contributed by atoms with Gasteiger partial charge in [0.25, 0.3) is 0 Å². The third-order valence-electron chi connectivity index (χ3n) is 3.38. The number of nitrogens with zero attached hydrogens (tertiary/aromatic N) is 3. The van der Waals surface area contributed by atoms with E-state index in [0.717, 1.165) is 11.3 Å². The number of benzene rings is 1. The van der Waals surface area contributed by atoms with E-state index in [2.05, 4.69) is 25.6 Å². The van der Waals surface area contributed by atoms with Crippen molar-refractivity contribution in [3.63, 3.8) is 0 Å². The van der Waals surface area contributed by atoms with Crippen LogP contribution in [0.25, 0.3) is 11.3 Å². The number of hydrogen-bond donors (Lipinski definition) is 2. The molecule has 2 N–H and O–H groups in total. The van der Waals surface area contributed by atoms with Gasteiger partial charge in [-0.1, -0.05) is 29.3 Å². The first kappa shape index (κ1) is 18.4. The van der Waals surface area contributed by atoms with E-state index in [4.69, 9.17) is 23.2 Å². The van der Waals surface area contributed by atoms with Gasteiger partial charge in [-0.05, 0) is 45.0 Å². The number of nitrogens with one attached hydrogen (secondary N) is 2. The van der Waals surface area contributed by atoms with Crippen LogP contribution in [0, 0.1) is 0 Å². The molecule has 0 spiro atoms. The minimum Gasteiger partial charge on any atom is -0.350 e. The molecule has 0 saturated heterocycles. The minimum atomic E-state index is -0.182. The molecule has 0 aliphatic carbocycles. The van der Waals surface area contributed by atoms with E-state index in [1.54, 1.807) is 18.5 Å². The Kier molecular flexibility index (Phi) is 5.30. The second kappa shape index (κ2) is 7.48. The number of pyridine rings is 1. The zero-order valence-corrected chi connectivity index (χ0v) is 16.2. The summed E-state index contributed by atoms with van der Waals surface area (Å²) in [6.45, 7) is 6.15. The van der Waals surface area contributed by atoms with E-state index in [1.807, 2.05) is 51.1 Å². The zero-order chi connectivity index (χ0) is 18.7. The van der Waals surface area contributed by atoms with Crippen LogP contribution >= 0.6 is 23.2 Å². The molecule has 0 fully saturated rings. The molecule has 7 heteroatoms. The van der Waals surface area contributed by atoms with Crippen molar-refractivity contribution in [1.29, 1.82) is 0 Å². The Morgan fingerprint density at radius 3 is 2.50 bits per heavy atom. The maximum absolute atomic E-state index is 6.28. The van der Waals surface area contributed by atoms with Crippen LogP contribution in [-0.4, -0.2) is 20.5 Å². The molecule has 0 amide bonds. The van der Waals surface area contributed by atoms with E-state index in [1.165, 1.54) is 0 Å². The van der Waals surface area contributed by atoms with Gasteiger partial charge in [0.15, 0.2) is 0 Å². The molecule has 0 aliphatic heterocycles. The van der Waals surface area contributed by atoms with Gasteiger partial charge in [0.2, 0.25) is 5.95 Å². The summed E-state index contributed by atoms with van der Waals surface area (Å²) in [5.41, 5.74) is 2.14. The number of aromatic nitrogens is 3. The van der Waals surface area contributed by atoms with Gasteiger partial charge >= 0.3 is 0 Å². The molecule has 0 aliphatic rings. The maximum atomic E-state index is 6.28. The highest BCUT2D eigenvalue weighted by Gasteiger charge is 2.15. The first-order chi connectivity index (χ1) is 12.3. The highest BCUT2D eigenvalue weighted by atomic mass is 35.5. The van der Waals surface area contributed by atoms with E-state index in [9.17, 15) is 0 Å². The Hall–Kier alpha value is -2.37. The van der Waals surface area contributed by atoms with Crippen LogP contribution < -0.4 is 10.6 Å². The van der Waals surface area contributed by atoms with Crippen molar-refractivity contribution in [2.45, 2.75) is 26.3 Å². The fourth-order valence-corrected chi connectivity index (χ4v) is 2.65. The van der Waals surface area contributed by atoms with Crippen LogP contribution in [0.1, 0.15) is 20.8 Å². The molecule has 0 unspecified atom stereocenters. The van der Waals surface area contributed by atoms with Crippen molar-refractivity contribution in [2.75, 3.05) is 10.6 Å². The summed E-state index contributed by atoms with van der Waals surface area (Å²) in [4.78, 5) is 13.3. The molecule has 26 heavy (non-hydrogen) atoms. The largest absolute Gasteiger partial charge is 0.350 e. The van der Waals surface area contributed by atoms with Crippen LogP contribution in [0.3, 0.4) is 0 Å². The second-order valence-corrected chi connectivity index (χ2v) is 7.59. The molecule has 2 aromatic heterocycles. The predicted molar refractivity (Wildman–Crippen MR) is 108 cm³/mol. The molecule has 0 atom stereocenters. The fourth-order valence-electron chi connectivity index (χ4n) is 2.30. The normalized spacial score (nSPS) is 11.3. The van der Waals surface area contributed by atoms with Crippen molar-refractivity contribution < 1.29 is 0 Å². The quantitative estimate of drug-likeness (QED) is 0.592. The SMILES string of the molecule is CC(C)(C)Nc1nc(Nc2cccc(Cl)c2Cl)cc(-c2cccnc2)n1. The van der Waals surface area contributed by atoms with Gasteiger partial charge in [0.1, 0.15) is 5.82 Å². The molecule has 3 rings (SSSR count). The van der Waals surface area contributed by atoms with E-state index >= 15 is 0 Å². The van der Waals surface area contributed by atoms with Gasteiger partial charge in [0.05, 0.1) is 21.4 Å². The molecule has 0 saturated carbocycles. The van der Waals surface area contributed by atoms with Gasteiger partial charge in [-0.15, -0.1) is 0 Å². The van der Waals surface area contributed by atoms with Crippen molar-refractivity contribution >= 4 is 40.7 Å². The summed E-state index contributed by atoms with van der Waals surface area (Å²) in [7, 11) is 0. The van der Waals surface area contributed by atoms with Gasteiger partial charge in [-0.25, -0.2) is 4.98 Å². The smallest absolute Gasteiger partial charge is 0.225 e. The Bertz CT molecular complexity index is 908. The maximum Gasteiger partial charge on any atom is 0.225 e. The summed E-state index contributed by atoms with van der Waals surface area (Å²) in [6.07, 6.45) is 3.49. The van der Waals surface area contributed by atoms with Gasteiger partial charge < -0.3 is 10.6 Å². The fraction of sp³-hybridized carbons (Fsp3) is 0.211. The summed E-state index contributed by atoms with van der Waals surface area (Å²) in [5, 5.41) is 7.45. The number of rotatable bonds is 4. The Morgan fingerprint density at radius 1 is 1.00 bits per heavy atom. The van der Waals surface area contributed by atoms with Crippen molar-refractivity contribution in [3.05, 3.63) is 58.8 Å². The van der Waals surface area contributed by atoms with Crippen LogP contribution in [-0.2, 0) is 0 Å². The molecule has 5 nitrogen and oxygen atoms in total. The predicted octanol–water partition coefficient (Wildman–Crippen LogP) is 5.80. The van der Waals surface area contributed by atoms with Crippen molar-refractivity contribution in [2.24, 2.45) is 0 Å². The third kappa shape index (κ3) is 4.62. The first-order valence-electron chi connectivity index (χ1n) is 8.10. The van der Waals surface area contributed by atoms with Crippen LogP contribution in [0.4, 0.5) is 17.5 Å². The lowest BCUT2D eigenvalue weighted by Crippen LogP contribution is -2.27. The third-order valence-corrected chi connectivity index (χ3v) is 4.20. The highest BCUT2D eigenvalue weighted by molar-refractivity contribution is 6.43. The topological polar surface area (TPSA) is 62.7 Å². The number of hydrogen-bond acceptors (Lipinski definition) is 5. The first-order valence-corrected chi connectivity index (χ1v) is 8.86. The lowest BCUT2D eigenvalue weighted by atomic mass is 10.1. The monoisotopic (exact) mass is 387 g/mol. The average molecular weight is 388 g/mol. The standard InChI is InChI=1S/C19H19Cl2N5/c1-19(2,3)26-18-24-15(12-6-5-9-22-11-12)10-16(25-18)23-14-8-4-7-13(20)17(14)21/h4-11H,1-3H3,(H2,23,24,25,26). The average Bonchev–Trinajstić information content (AvgIpc) is 2.58. The molecular formula is C19H19Cl2N5. The molecule has 0 radical (unpaired) electrons. The molecular weight excluding hydrogens is 369 g/mol. The van der Waals surface area contributed by atoms with Crippen LogP contribution in [0.5, 0.6) is 0 Å². The Labute approximate surface area is 162 Å². The molecule has 0 bridgehead atoms. The Balaban J connectivity index is 2.03. The van der Waals surface area contributed by atoms with Crippen LogP contribution in [0.2, 0.25) is 10.0 Å². The van der Waals surface area contributed by atoms with Gasteiger partial charge in [-0.2, -0.15) is 4.98 Å². The van der Waals surface area contributed by atoms with Crippen molar-refractivity contribution in [1.82, 2.24) is 15.0 Å². The molecule has 134 valence electrons. The lowest BCUT2D eigenvalue weighted by molar-refractivity contribution is 0.626. The molecule has 2 heterocycles. The Morgan fingerprint density at radius 2 is 1.81 bits per heavy atom. The van der Waals surface area contributed by atoms with Gasteiger partial charge in [-0.3, -0.25) is 4.98 Å². The van der Waals surface area contributed by atoms with Crippen LogP contribution in [0.15, 0.2) is 48.8 Å². The molecule has 3 aromatic rings. The summed E-state index contributed by atoms with van der Waals surface area (Å²) >= 11 is 12.4. The van der Waals surface area contributed by atoms with E-state index < -0.39 is 0 Å².